The summed E-state index contributed by atoms with van der Waals surface area (Å²) in [7, 11) is 0. The molecular weight excluding hydrogens is 432 g/mol. The third-order valence-corrected chi connectivity index (χ3v) is 6.20. The highest BCUT2D eigenvalue weighted by Crippen LogP contribution is 2.30. The molecule has 34 heavy (non-hydrogen) atoms. The first-order valence-corrected chi connectivity index (χ1v) is 12.0. The Morgan fingerprint density at radius 3 is 2.50 bits per heavy atom. The number of piperazine rings is 1. The molecule has 4 heterocycles. The van der Waals surface area contributed by atoms with Gasteiger partial charge in [-0.2, -0.15) is 5.10 Å². The maximum Gasteiger partial charge on any atom is 0.254 e. The van der Waals surface area contributed by atoms with Crippen molar-refractivity contribution in [3.63, 3.8) is 0 Å². The Labute approximate surface area is 200 Å². The zero-order valence-corrected chi connectivity index (χ0v) is 20.7. The lowest BCUT2D eigenvalue weighted by Crippen LogP contribution is -2.51. The van der Waals surface area contributed by atoms with E-state index in [2.05, 4.69) is 15.3 Å². The van der Waals surface area contributed by atoms with Gasteiger partial charge in [-0.25, -0.2) is 9.67 Å². The van der Waals surface area contributed by atoms with E-state index >= 15 is 0 Å². The van der Waals surface area contributed by atoms with Gasteiger partial charge in [0.05, 0.1) is 29.4 Å². The monoisotopic (exact) mass is 466 g/mol. The fourth-order valence-corrected chi connectivity index (χ4v) is 4.40. The highest BCUT2D eigenvalue weighted by Gasteiger charge is 2.27. The van der Waals surface area contributed by atoms with Crippen LogP contribution in [0.2, 0.25) is 0 Å². The van der Waals surface area contributed by atoms with E-state index in [4.69, 9.17) is 9.40 Å². The van der Waals surface area contributed by atoms with Crippen LogP contribution in [0.25, 0.3) is 22.3 Å². The average molecular weight is 467 g/mol. The molecule has 1 aliphatic rings. The Kier molecular flexibility index (Phi) is 7.02. The van der Waals surface area contributed by atoms with Crippen LogP contribution in [-0.2, 0) is 4.79 Å². The molecule has 9 nitrogen and oxygen atoms in total. The highest BCUT2D eigenvalue weighted by atomic mass is 16.3. The maximum absolute atomic E-state index is 13.7. The zero-order chi connectivity index (χ0) is 24.4. The van der Waals surface area contributed by atoms with Gasteiger partial charge in [0, 0.05) is 44.3 Å². The van der Waals surface area contributed by atoms with E-state index in [-0.39, 0.29) is 17.9 Å². The molecule has 4 rings (SSSR count). The van der Waals surface area contributed by atoms with Crippen LogP contribution in [0.15, 0.2) is 22.7 Å². The van der Waals surface area contributed by atoms with Gasteiger partial charge in [0.1, 0.15) is 11.5 Å². The molecule has 0 spiro atoms. The molecule has 0 unspecified atom stereocenters. The smallest absolute Gasteiger partial charge is 0.254 e. The summed E-state index contributed by atoms with van der Waals surface area (Å²) in [6.07, 6.45) is 2.66. The third kappa shape index (κ3) is 4.84. The number of nitrogens with one attached hydrogen (secondary N) is 1. The first-order valence-electron chi connectivity index (χ1n) is 12.0. The summed E-state index contributed by atoms with van der Waals surface area (Å²) in [4.78, 5) is 34.6. The summed E-state index contributed by atoms with van der Waals surface area (Å²) in [5.74, 6) is 1.57. The lowest BCUT2D eigenvalue weighted by molar-refractivity contribution is -0.122. The number of carbonyl (C=O) groups is 2. The largest absolute Gasteiger partial charge is 0.466 e. The molecule has 1 saturated heterocycles. The summed E-state index contributed by atoms with van der Waals surface area (Å²) in [5, 5.41) is 8.19. The van der Waals surface area contributed by atoms with Gasteiger partial charge in [-0.1, -0.05) is 6.92 Å². The number of carbonyl (C=O) groups excluding carboxylic acids is 2. The van der Waals surface area contributed by atoms with Gasteiger partial charge in [0.15, 0.2) is 5.65 Å². The van der Waals surface area contributed by atoms with Crippen molar-refractivity contribution in [2.75, 3.05) is 39.3 Å². The molecule has 0 aromatic carbocycles. The van der Waals surface area contributed by atoms with Crippen molar-refractivity contribution in [1.82, 2.24) is 29.9 Å². The molecule has 0 aliphatic carbocycles. The summed E-state index contributed by atoms with van der Waals surface area (Å²) < 4.78 is 7.58. The minimum atomic E-state index is -0.0371. The molecule has 3 aromatic rings. The number of rotatable bonds is 7. The van der Waals surface area contributed by atoms with Gasteiger partial charge < -0.3 is 14.6 Å². The van der Waals surface area contributed by atoms with E-state index in [0.717, 1.165) is 28.9 Å². The number of hydrogen-bond acceptors (Lipinski definition) is 6. The fraction of sp³-hybridized carbons (Fsp3) is 0.520. The summed E-state index contributed by atoms with van der Waals surface area (Å²) in [5.41, 5.74) is 2.88. The number of amides is 2. The van der Waals surface area contributed by atoms with E-state index in [9.17, 15) is 9.59 Å². The van der Waals surface area contributed by atoms with E-state index in [0.29, 0.717) is 56.2 Å². The van der Waals surface area contributed by atoms with Crippen molar-refractivity contribution in [3.8, 4) is 11.3 Å². The highest BCUT2D eigenvalue weighted by molar-refractivity contribution is 6.06. The number of nitrogens with zero attached hydrogens (tertiary/aromatic N) is 5. The van der Waals surface area contributed by atoms with Crippen molar-refractivity contribution < 1.29 is 14.0 Å². The Bertz CT molecular complexity index is 1190. The quantitative estimate of drug-likeness (QED) is 0.575. The molecule has 3 aromatic heterocycles. The van der Waals surface area contributed by atoms with Crippen LogP contribution in [0.5, 0.6) is 0 Å². The second-order valence-electron chi connectivity index (χ2n) is 9.22. The SMILES string of the molecule is CCCNC(=O)CN1CCN(C(=O)c2cc(-c3cc(C)oc3C)nc3c2cnn3C(C)C)CC1. The van der Waals surface area contributed by atoms with Gasteiger partial charge in [0.25, 0.3) is 5.91 Å². The molecule has 0 radical (unpaired) electrons. The van der Waals surface area contributed by atoms with Crippen molar-refractivity contribution >= 4 is 22.8 Å². The minimum absolute atomic E-state index is 0.0361. The van der Waals surface area contributed by atoms with Crippen LogP contribution in [0.3, 0.4) is 0 Å². The molecule has 9 heteroatoms. The molecule has 1 aliphatic heterocycles. The molecule has 0 bridgehead atoms. The van der Waals surface area contributed by atoms with Gasteiger partial charge in [0.2, 0.25) is 5.91 Å². The number of fused-ring (bicyclic) bond motifs is 1. The van der Waals surface area contributed by atoms with Gasteiger partial charge in [-0.3, -0.25) is 14.5 Å². The van der Waals surface area contributed by atoms with Crippen LogP contribution in [0.1, 0.15) is 55.1 Å². The van der Waals surface area contributed by atoms with Gasteiger partial charge in [-0.15, -0.1) is 0 Å². The first-order chi connectivity index (χ1) is 16.3. The number of aryl methyl sites for hydroxylation is 2. The Morgan fingerprint density at radius 1 is 1.15 bits per heavy atom. The van der Waals surface area contributed by atoms with Crippen LogP contribution >= 0.6 is 0 Å². The lowest BCUT2D eigenvalue weighted by atomic mass is 10.1. The van der Waals surface area contributed by atoms with Crippen LogP contribution in [0, 0.1) is 13.8 Å². The predicted octanol–water partition coefficient (Wildman–Crippen LogP) is 3.17. The molecule has 2 amide bonds. The molecule has 0 saturated carbocycles. The first kappa shape index (κ1) is 23.9. The molecule has 0 atom stereocenters. The fourth-order valence-electron chi connectivity index (χ4n) is 4.40. The second kappa shape index (κ2) is 9.97. The molecule has 1 N–H and O–H groups in total. The Morgan fingerprint density at radius 2 is 1.88 bits per heavy atom. The third-order valence-electron chi connectivity index (χ3n) is 6.20. The number of pyridine rings is 1. The average Bonchev–Trinajstić information content (AvgIpc) is 3.39. The van der Waals surface area contributed by atoms with Crippen molar-refractivity contribution in [2.45, 2.75) is 47.1 Å². The van der Waals surface area contributed by atoms with Crippen molar-refractivity contribution in [2.24, 2.45) is 0 Å². The summed E-state index contributed by atoms with van der Waals surface area (Å²) in [6.45, 7) is 13.5. The Balaban J connectivity index is 1.60. The molecule has 182 valence electrons. The van der Waals surface area contributed by atoms with E-state index < -0.39 is 0 Å². The number of furan rings is 1. The minimum Gasteiger partial charge on any atom is -0.466 e. The number of aromatic nitrogens is 3. The van der Waals surface area contributed by atoms with Crippen LogP contribution < -0.4 is 5.32 Å². The summed E-state index contributed by atoms with van der Waals surface area (Å²) in [6, 6.07) is 3.92. The van der Waals surface area contributed by atoms with Gasteiger partial charge >= 0.3 is 0 Å². The number of hydrogen-bond donors (Lipinski definition) is 1. The van der Waals surface area contributed by atoms with E-state index in [1.165, 1.54) is 0 Å². The van der Waals surface area contributed by atoms with Crippen LogP contribution in [-0.4, -0.2) is 75.6 Å². The zero-order valence-electron chi connectivity index (χ0n) is 20.7. The Hall–Kier alpha value is -3.20. The summed E-state index contributed by atoms with van der Waals surface area (Å²) >= 11 is 0. The second-order valence-corrected chi connectivity index (χ2v) is 9.22. The lowest BCUT2D eigenvalue weighted by Gasteiger charge is -2.34. The van der Waals surface area contributed by atoms with E-state index in [1.54, 1.807) is 6.20 Å². The van der Waals surface area contributed by atoms with Gasteiger partial charge in [-0.05, 0) is 46.2 Å². The van der Waals surface area contributed by atoms with Crippen LogP contribution in [0.4, 0.5) is 0 Å². The predicted molar refractivity (Wildman–Crippen MR) is 131 cm³/mol. The maximum atomic E-state index is 13.7. The van der Waals surface area contributed by atoms with Crippen molar-refractivity contribution in [3.05, 3.63) is 35.4 Å². The molecular formula is C25H34N6O3. The van der Waals surface area contributed by atoms with Crippen molar-refractivity contribution in [1.29, 1.82) is 0 Å². The van der Waals surface area contributed by atoms with E-state index in [1.807, 2.05) is 56.3 Å². The topological polar surface area (TPSA) is 96.5 Å². The standard InChI is InChI=1S/C25H34N6O3/c1-6-7-26-23(32)15-29-8-10-30(11-9-29)25(33)20-13-22(19-12-17(4)34-18(19)5)28-24-21(20)14-27-31(24)16(2)3/h12-14,16H,6-11,15H2,1-5H3,(H,26,32). The normalized spacial score (nSPS) is 14.8. The molecule has 1 fully saturated rings.